The van der Waals surface area contributed by atoms with Crippen LogP contribution < -0.4 is 21.9 Å². The van der Waals surface area contributed by atoms with Crippen LogP contribution in [0, 0.1) is 0 Å². The summed E-state index contributed by atoms with van der Waals surface area (Å²) in [6.07, 6.45) is 0. The van der Waals surface area contributed by atoms with Crippen molar-refractivity contribution in [2.24, 2.45) is 0 Å². The zero-order valence-corrected chi connectivity index (χ0v) is 73.7. The Labute approximate surface area is 744 Å². The van der Waals surface area contributed by atoms with Crippen LogP contribution >= 0.6 is 0 Å². The van der Waals surface area contributed by atoms with E-state index in [4.69, 9.17) is 46.8 Å². The molecule has 16 aromatic carbocycles. The summed E-state index contributed by atoms with van der Waals surface area (Å²) >= 11 is 0. The Bertz CT molecular complexity index is 6920. The Morgan fingerprint density at radius 1 is 0.194 bits per heavy atom. The Hall–Kier alpha value is -11.5. The fourth-order valence-corrected chi connectivity index (χ4v) is 16.3. The molecule has 0 amide bonds. The molecule has 4 heterocycles. The third-order valence-corrected chi connectivity index (χ3v) is 26.4. The smallest absolute Gasteiger partial charge is 0.399 e. The van der Waals surface area contributed by atoms with Crippen molar-refractivity contribution in [3.8, 4) is 89.0 Å². The minimum atomic E-state index is -0.908. The monoisotopic (exact) mass is 1630 g/mol. The molecule has 0 unspecified atom stereocenters. The summed E-state index contributed by atoms with van der Waals surface area (Å²) in [5, 5.41) is 9.76. The van der Waals surface area contributed by atoms with Gasteiger partial charge >= 0.3 is 28.5 Å². The molecular weight excluding hydrogens is 1520 g/mol. The maximum absolute atomic E-state index is 8.91. The minimum absolute atomic E-state index is 0.0876. The molecule has 20 rings (SSSR count). The highest BCUT2D eigenvalue weighted by Crippen LogP contribution is 2.44. The molecule has 4 aliphatic rings. The van der Waals surface area contributed by atoms with E-state index < -0.39 is 36.6 Å². The van der Waals surface area contributed by atoms with Crippen molar-refractivity contribution in [1.82, 2.24) is 0 Å². The fourth-order valence-electron chi connectivity index (χ4n) is 16.3. The number of benzene rings is 16. The predicted octanol–water partition coefficient (Wildman–Crippen LogP) is 25.9. The number of fused-ring (bicyclic) bond motifs is 4. The van der Waals surface area contributed by atoms with E-state index in [1.54, 1.807) is 0 Å². The topological polar surface area (TPSA) is 73.8 Å². The molecule has 12 heteroatoms. The minimum Gasteiger partial charge on any atom is -0.399 e. The molecule has 0 aromatic heterocycles. The maximum Gasteiger partial charge on any atom is 0.495 e. The van der Waals surface area contributed by atoms with Gasteiger partial charge in [0.25, 0.3) is 0 Å². The summed E-state index contributed by atoms with van der Waals surface area (Å²) in [7, 11) is -2.45. The first-order valence-corrected chi connectivity index (χ1v) is 43.0. The molecule has 0 aliphatic carbocycles. The third kappa shape index (κ3) is 17.1. The second-order valence-corrected chi connectivity index (χ2v) is 36.6. The summed E-state index contributed by atoms with van der Waals surface area (Å²) in [6.45, 7) is 32.2. The van der Waals surface area contributed by atoms with Crippen molar-refractivity contribution < 1.29 is 46.8 Å². The zero-order chi connectivity index (χ0) is 92.7. The SMILES string of the molecule is CC1(C)OB(c2cccc(-c3ccc(-c4cccc5ccccc45)cc3)c2)OC1(C)C.CC1(C)OB(c2ccccc2-c2ccc(-c3cccc4ccccc34)cc2)OC1(C)C.[2H]c1c([2H])c([2H])c(-c2ccc(-c3cccc4ccccc34)cc2)c(B2OC(C)(C)C(C)(C)O2)c1[2H].[2H]c1cc([2H])c(-c2ccc(-c3cccc4ccccc34)cc2)c([2H])c1B1OC(C)(C)C(C)(C)O1. The van der Waals surface area contributed by atoms with Crippen LogP contribution in [0.2, 0.25) is 0 Å². The third-order valence-electron chi connectivity index (χ3n) is 26.4. The molecule has 0 bridgehead atoms. The second kappa shape index (κ2) is 33.9. The Balaban J connectivity index is 0.000000122. The molecule has 8 nitrogen and oxygen atoms in total. The lowest BCUT2D eigenvalue weighted by atomic mass is 9.74. The normalized spacial score (nSPS) is 18.0. The molecule has 4 saturated heterocycles. The van der Waals surface area contributed by atoms with Gasteiger partial charge in [-0.25, -0.2) is 0 Å². The van der Waals surface area contributed by atoms with Gasteiger partial charge in [-0.15, -0.1) is 0 Å². The van der Waals surface area contributed by atoms with Gasteiger partial charge in [-0.05, 0) is 265 Å². The summed E-state index contributed by atoms with van der Waals surface area (Å²) in [5.74, 6) is 0. The van der Waals surface area contributed by atoms with Crippen LogP contribution in [-0.4, -0.2) is 73.3 Å². The first-order chi connectivity index (χ1) is 62.3. The van der Waals surface area contributed by atoms with Crippen molar-refractivity contribution in [3.05, 3.63) is 364 Å². The van der Waals surface area contributed by atoms with E-state index in [2.05, 4.69) is 286 Å². The number of rotatable bonds is 12. The maximum atomic E-state index is 8.91. The van der Waals surface area contributed by atoms with Crippen LogP contribution in [0.4, 0.5) is 0 Å². The highest BCUT2D eigenvalue weighted by atomic mass is 16.7. The first kappa shape index (κ1) is 76.2. The predicted molar refractivity (Wildman–Crippen MR) is 522 cm³/mol. The lowest BCUT2D eigenvalue weighted by molar-refractivity contribution is 0.00578. The van der Waals surface area contributed by atoms with Gasteiger partial charge in [0, 0.05) is 0 Å². The highest BCUT2D eigenvalue weighted by Gasteiger charge is 2.55. The molecule has 616 valence electrons. The van der Waals surface area contributed by atoms with Gasteiger partial charge < -0.3 is 37.2 Å². The van der Waals surface area contributed by atoms with E-state index in [1.165, 1.54) is 66.2 Å². The number of hydrogen-bond donors (Lipinski definition) is 0. The lowest BCUT2D eigenvalue weighted by Crippen LogP contribution is -2.41. The van der Waals surface area contributed by atoms with Crippen molar-refractivity contribution in [1.29, 1.82) is 0 Å². The second-order valence-electron chi connectivity index (χ2n) is 36.6. The van der Waals surface area contributed by atoms with Gasteiger partial charge in [0.1, 0.15) is 0 Å². The molecule has 0 N–H and O–H groups in total. The van der Waals surface area contributed by atoms with E-state index in [0.717, 1.165) is 66.2 Å². The van der Waals surface area contributed by atoms with E-state index in [0.29, 0.717) is 27.6 Å². The van der Waals surface area contributed by atoms with E-state index in [1.807, 2.05) is 140 Å². The van der Waals surface area contributed by atoms with Crippen LogP contribution in [0.1, 0.15) is 120 Å². The Kier molecular flexibility index (Phi) is 20.8. The quantitative estimate of drug-likeness (QED) is 0.112. The molecule has 124 heavy (non-hydrogen) atoms. The number of hydrogen-bond acceptors (Lipinski definition) is 8. The van der Waals surface area contributed by atoms with Crippen molar-refractivity contribution in [2.45, 2.75) is 156 Å². The van der Waals surface area contributed by atoms with Crippen molar-refractivity contribution in [3.63, 3.8) is 0 Å². The summed E-state index contributed by atoms with van der Waals surface area (Å²) in [5.41, 5.74) is 15.3. The average Bonchev–Trinajstić information content (AvgIpc) is 1.66. The largest absolute Gasteiger partial charge is 0.495 e. The molecule has 0 radical (unpaired) electrons. The van der Waals surface area contributed by atoms with E-state index in [-0.39, 0.29) is 78.9 Å². The van der Waals surface area contributed by atoms with Gasteiger partial charge in [0.2, 0.25) is 0 Å². The van der Waals surface area contributed by atoms with Crippen LogP contribution in [-0.2, 0) is 37.2 Å². The van der Waals surface area contributed by atoms with Gasteiger partial charge in [-0.3, -0.25) is 0 Å². The van der Waals surface area contributed by atoms with Gasteiger partial charge in [-0.2, -0.15) is 0 Å². The molecule has 4 fully saturated rings. The molecule has 0 spiro atoms. The fraction of sp³-hybridized carbons (Fsp3) is 0.214. The molecule has 4 aliphatic heterocycles. The zero-order valence-electron chi connectivity index (χ0n) is 80.7. The average molecular weight is 1630 g/mol. The summed E-state index contributed by atoms with van der Waals surface area (Å²) in [6, 6.07) is 110. The molecule has 16 aromatic rings. The van der Waals surface area contributed by atoms with Crippen molar-refractivity contribution in [2.75, 3.05) is 0 Å². The van der Waals surface area contributed by atoms with Gasteiger partial charge in [-0.1, -0.05) is 364 Å². The summed E-state index contributed by atoms with van der Waals surface area (Å²) in [4.78, 5) is 0. The van der Waals surface area contributed by atoms with E-state index in [9.17, 15) is 0 Å². The Morgan fingerprint density at radius 2 is 0.468 bits per heavy atom. The molecule has 0 saturated carbocycles. The first-order valence-electron chi connectivity index (χ1n) is 46.5. The standard InChI is InChI=1S/4C28H27BO2/c2*1-27(2)28(3,4)31-29(30-27)24-12-7-11-23(19-24)20-15-17-22(18-16-20)26-14-8-10-21-9-5-6-13-25(21)26;2*1-27(2)28(3,4)31-29(30-27)26-15-8-7-13-25(26)22-18-16-21(17-19-22)24-14-9-11-20-10-5-6-12-23(20)24/h4*5-19H,1-4H3/i11D,12D,19D;;7D,8D,13D,15D;. The van der Waals surface area contributed by atoms with Gasteiger partial charge in [0.15, 0.2) is 0 Å². The van der Waals surface area contributed by atoms with Crippen LogP contribution in [0.3, 0.4) is 0 Å². The van der Waals surface area contributed by atoms with Gasteiger partial charge in [0.05, 0.1) is 54.4 Å². The van der Waals surface area contributed by atoms with E-state index >= 15 is 0 Å². The molecular formula is C112H108B4O8. The summed E-state index contributed by atoms with van der Waals surface area (Å²) < 4.78 is 110. The Morgan fingerprint density at radius 3 is 0.855 bits per heavy atom. The van der Waals surface area contributed by atoms with Crippen LogP contribution in [0.5, 0.6) is 0 Å². The van der Waals surface area contributed by atoms with Crippen molar-refractivity contribution >= 4 is 93.4 Å². The lowest BCUT2D eigenvalue weighted by Gasteiger charge is -2.32. The van der Waals surface area contributed by atoms with Crippen LogP contribution in [0.15, 0.2) is 364 Å². The molecule has 0 atom stereocenters. The highest BCUT2D eigenvalue weighted by molar-refractivity contribution is 6.65. The van der Waals surface area contributed by atoms with Crippen LogP contribution in [0.25, 0.3) is 132 Å².